The van der Waals surface area contributed by atoms with Crippen molar-refractivity contribution in [1.29, 1.82) is 0 Å². The monoisotopic (exact) mass is 570 g/mol. The van der Waals surface area contributed by atoms with E-state index in [4.69, 9.17) is 27.9 Å². The Kier molecular flexibility index (Phi) is 9.32. The largest absolute Gasteiger partial charge is 0.463 e. The van der Waals surface area contributed by atoms with Gasteiger partial charge in [0.15, 0.2) is 0 Å². The first-order valence-corrected chi connectivity index (χ1v) is 13.6. The molecular formula is C29H32Cl2N4O4. The molecule has 1 saturated heterocycles. The Morgan fingerprint density at radius 1 is 1.13 bits per heavy atom. The van der Waals surface area contributed by atoms with Gasteiger partial charge in [-0.2, -0.15) is 0 Å². The van der Waals surface area contributed by atoms with Gasteiger partial charge in [0.1, 0.15) is 0 Å². The van der Waals surface area contributed by atoms with Crippen molar-refractivity contribution in [3.63, 3.8) is 0 Å². The fourth-order valence-electron chi connectivity index (χ4n) is 5.02. The summed E-state index contributed by atoms with van der Waals surface area (Å²) < 4.78 is 5.46. The number of nitrogens with one attached hydrogen (secondary N) is 1. The summed E-state index contributed by atoms with van der Waals surface area (Å²) in [5.41, 5.74) is 2.12. The molecule has 39 heavy (non-hydrogen) atoms. The number of ether oxygens (including phenoxy) is 1. The highest BCUT2D eigenvalue weighted by Crippen LogP contribution is 2.35. The van der Waals surface area contributed by atoms with Crippen molar-refractivity contribution < 1.29 is 19.1 Å². The molecule has 1 fully saturated rings. The van der Waals surface area contributed by atoms with Gasteiger partial charge in [0.2, 0.25) is 0 Å². The van der Waals surface area contributed by atoms with Gasteiger partial charge in [-0.05, 0) is 43.7 Å². The molecule has 2 aromatic rings. The number of carbonyl (C=O) groups excluding carboxylic acids is 3. The van der Waals surface area contributed by atoms with E-state index < -0.39 is 12.0 Å². The van der Waals surface area contributed by atoms with Gasteiger partial charge in [0.25, 0.3) is 5.91 Å². The highest BCUT2D eigenvalue weighted by molar-refractivity contribution is 6.42. The smallest absolute Gasteiger partial charge is 0.338 e. The van der Waals surface area contributed by atoms with Crippen LogP contribution in [0.5, 0.6) is 0 Å². The van der Waals surface area contributed by atoms with Crippen LogP contribution < -0.4 is 5.32 Å². The predicted octanol–water partition coefficient (Wildman–Crippen LogP) is 4.91. The molecule has 1 N–H and O–H groups in total. The number of piperazine rings is 1. The second-order valence-electron chi connectivity index (χ2n) is 9.48. The maximum atomic E-state index is 13.4. The van der Waals surface area contributed by atoms with Crippen LogP contribution in [0.25, 0.3) is 0 Å². The zero-order valence-electron chi connectivity index (χ0n) is 22.0. The zero-order chi connectivity index (χ0) is 28.1. The second kappa shape index (κ2) is 12.7. The van der Waals surface area contributed by atoms with Crippen LogP contribution >= 0.6 is 23.2 Å². The van der Waals surface area contributed by atoms with E-state index in [2.05, 4.69) is 16.8 Å². The molecule has 0 aromatic heterocycles. The van der Waals surface area contributed by atoms with Gasteiger partial charge < -0.3 is 15.0 Å². The van der Waals surface area contributed by atoms with Crippen molar-refractivity contribution >= 4 is 41.1 Å². The van der Waals surface area contributed by atoms with Gasteiger partial charge in [-0.3, -0.25) is 14.6 Å². The van der Waals surface area contributed by atoms with Crippen LogP contribution in [0.4, 0.5) is 4.79 Å². The number of urea groups is 1. The summed E-state index contributed by atoms with van der Waals surface area (Å²) in [5, 5.41) is 3.61. The minimum Gasteiger partial charge on any atom is -0.463 e. The number of nitrogens with zero attached hydrogens (tertiary/aromatic N) is 3. The molecule has 2 unspecified atom stereocenters. The Labute approximate surface area is 238 Å². The normalized spacial score (nSPS) is 20.1. The van der Waals surface area contributed by atoms with Gasteiger partial charge in [-0.15, -0.1) is 6.58 Å². The SMILES string of the molecule is C=CCN1C(=O)NC(c2ccc(Cl)c(Cl)c2)C(C(=O)OCC)=C1CN1CCN(C(=O)c2ccccc2)C(C)C1. The van der Waals surface area contributed by atoms with E-state index in [1.54, 1.807) is 31.2 Å². The summed E-state index contributed by atoms with van der Waals surface area (Å²) in [7, 11) is 0. The lowest BCUT2D eigenvalue weighted by molar-refractivity contribution is -0.139. The van der Waals surface area contributed by atoms with Crippen LogP contribution in [0.15, 0.2) is 72.5 Å². The average molecular weight is 572 g/mol. The third-order valence-electron chi connectivity index (χ3n) is 6.89. The highest BCUT2D eigenvalue weighted by Gasteiger charge is 2.39. The van der Waals surface area contributed by atoms with E-state index in [0.29, 0.717) is 58.6 Å². The van der Waals surface area contributed by atoms with Crippen molar-refractivity contribution in [2.24, 2.45) is 0 Å². The molecule has 0 aliphatic carbocycles. The van der Waals surface area contributed by atoms with E-state index in [9.17, 15) is 14.4 Å². The van der Waals surface area contributed by atoms with Crippen LogP contribution in [0.3, 0.4) is 0 Å². The molecule has 3 amide bonds. The summed E-state index contributed by atoms with van der Waals surface area (Å²) in [4.78, 5) is 45.3. The fraction of sp³-hybridized carbons (Fsp3) is 0.345. The average Bonchev–Trinajstić information content (AvgIpc) is 2.92. The van der Waals surface area contributed by atoms with Gasteiger partial charge in [-0.1, -0.05) is 53.5 Å². The molecule has 2 aromatic carbocycles. The minimum absolute atomic E-state index is 0.0146. The van der Waals surface area contributed by atoms with Crippen LogP contribution in [-0.4, -0.2) is 78.0 Å². The van der Waals surface area contributed by atoms with E-state index >= 15 is 0 Å². The van der Waals surface area contributed by atoms with E-state index in [-0.39, 0.29) is 31.1 Å². The van der Waals surface area contributed by atoms with E-state index in [1.807, 2.05) is 42.2 Å². The molecule has 2 atom stereocenters. The number of hydrogen-bond acceptors (Lipinski definition) is 5. The molecular weight excluding hydrogens is 539 g/mol. The third-order valence-corrected chi connectivity index (χ3v) is 7.63. The standard InChI is InChI=1S/C29H32Cl2N4O4/c1-4-13-35-24(18-33-14-15-34(19(3)17-33)27(36)20-9-7-6-8-10-20)25(28(37)39-5-2)26(32-29(35)38)21-11-12-22(30)23(31)16-21/h4,6-12,16,19,26H,1,5,13-15,17-18H2,2-3H3,(H,32,38). The molecule has 2 heterocycles. The van der Waals surface area contributed by atoms with Crippen LogP contribution in [0, 0.1) is 0 Å². The van der Waals surface area contributed by atoms with E-state index in [1.165, 1.54) is 4.90 Å². The van der Waals surface area contributed by atoms with Gasteiger partial charge in [0.05, 0.1) is 28.3 Å². The third kappa shape index (κ3) is 6.30. The molecule has 2 aliphatic rings. The zero-order valence-corrected chi connectivity index (χ0v) is 23.5. The summed E-state index contributed by atoms with van der Waals surface area (Å²) in [6.07, 6.45) is 1.61. The minimum atomic E-state index is -0.777. The molecule has 0 radical (unpaired) electrons. The molecule has 0 saturated carbocycles. The second-order valence-corrected chi connectivity index (χ2v) is 10.3. The summed E-state index contributed by atoms with van der Waals surface area (Å²) in [5.74, 6) is -0.539. The first-order chi connectivity index (χ1) is 18.7. The van der Waals surface area contributed by atoms with E-state index in [0.717, 1.165) is 0 Å². The molecule has 0 spiro atoms. The Hall–Kier alpha value is -3.33. The summed E-state index contributed by atoms with van der Waals surface area (Å²) >= 11 is 12.4. The summed E-state index contributed by atoms with van der Waals surface area (Å²) in [6.45, 7) is 9.88. The van der Waals surface area contributed by atoms with Crippen molar-refractivity contribution in [3.8, 4) is 0 Å². The number of hydrogen-bond donors (Lipinski definition) is 1. The maximum Gasteiger partial charge on any atom is 0.338 e. The first kappa shape index (κ1) is 28.7. The van der Waals surface area contributed by atoms with Gasteiger partial charge >= 0.3 is 12.0 Å². The topological polar surface area (TPSA) is 82.2 Å². The Morgan fingerprint density at radius 2 is 1.87 bits per heavy atom. The Bertz CT molecular complexity index is 1280. The number of rotatable bonds is 8. The first-order valence-electron chi connectivity index (χ1n) is 12.9. The fourth-order valence-corrected chi connectivity index (χ4v) is 5.33. The molecule has 8 nitrogen and oxygen atoms in total. The van der Waals surface area contributed by atoms with Crippen LogP contribution in [-0.2, 0) is 9.53 Å². The molecule has 2 aliphatic heterocycles. The lowest BCUT2D eigenvalue weighted by Gasteiger charge is -2.43. The predicted molar refractivity (Wildman–Crippen MR) is 152 cm³/mol. The number of benzene rings is 2. The lowest BCUT2D eigenvalue weighted by Crippen LogP contribution is -2.56. The molecule has 206 valence electrons. The van der Waals surface area contributed by atoms with Crippen molar-refractivity contribution in [3.05, 3.63) is 93.6 Å². The Morgan fingerprint density at radius 3 is 2.51 bits per heavy atom. The molecule has 0 bridgehead atoms. The summed E-state index contributed by atoms with van der Waals surface area (Å²) in [6, 6.07) is 13.0. The molecule has 4 rings (SSSR count). The van der Waals surface area contributed by atoms with Crippen LogP contribution in [0.2, 0.25) is 10.0 Å². The van der Waals surface area contributed by atoms with Crippen molar-refractivity contribution in [2.75, 3.05) is 39.3 Å². The van der Waals surface area contributed by atoms with Crippen LogP contribution in [0.1, 0.15) is 35.8 Å². The number of esters is 1. The number of halogens is 2. The highest BCUT2D eigenvalue weighted by atomic mass is 35.5. The number of amides is 3. The van der Waals surface area contributed by atoms with Crippen molar-refractivity contribution in [1.82, 2.24) is 20.0 Å². The quantitative estimate of drug-likeness (QED) is 0.360. The Balaban J connectivity index is 1.67. The maximum absolute atomic E-state index is 13.4. The van der Waals surface area contributed by atoms with Gasteiger partial charge in [0, 0.05) is 50.0 Å². The lowest BCUT2D eigenvalue weighted by atomic mass is 9.94. The van der Waals surface area contributed by atoms with Gasteiger partial charge in [-0.25, -0.2) is 9.59 Å². The van der Waals surface area contributed by atoms with Crippen molar-refractivity contribution in [2.45, 2.75) is 25.9 Å². The molecule has 10 heteroatoms. The number of carbonyl (C=O) groups is 3.